The molecule has 0 aliphatic carbocycles. The van der Waals surface area contributed by atoms with Crippen LogP contribution in [0.15, 0.2) is 30.3 Å². The smallest absolute Gasteiger partial charge is 0.0974 e. The number of benzene rings is 1. The largest absolute Gasteiger partial charge is 0.250 e. The van der Waals surface area contributed by atoms with E-state index >= 15 is 0 Å². The van der Waals surface area contributed by atoms with E-state index in [-0.39, 0.29) is 5.41 Å². The summed E-state index contributed by atoms with van der Waals surface area (Å²) in [7, 11) is 0. The molecule has 71 valence electrons. The molecule has 0 aliphatic heterocycles. The van der Waals surface area contributed by atoms with E-state index in [0.717, 1.165) is 11.1 Å². The standard InChI is InChI=1S/C13H14N/c1-13(2,3)12-8-10-6-4-5-7-11(10)9-14-12/h4-8H,1-3H3. The van der Waals surface area contributed by atoms with Crippen molar-refractivity contribution < 1.29 is 0 Å². The van der Waals surface area contributed by atoms with Gasteiger partial charge in [0.2, 0.25) is 0 Å². The van der Waals surface area contributed by atoms with Crippen molar-refractivity contribution in [3.05, 3.63) is 42.2 Å². The molecule has 1 heterocycles. The molecular formula is C13H14N. The Morgan fingerprint density at radius 3 is 2.57 bits per heavy atom. The zero-order valence-electron chi connectivity index (χ0n) is 8.83. The molecule has 0 amide bonds. The maximum absolute atomic E-state index is 4.35. The normalized spacial score (nSPS) is 11.9. The summed E-state index contributed by atoms with van der Waals surface area (Å²) in [5.41, 5.74) is 1.19. The lowest BCUT2D eigenvalue weighted by atomic mass is 9.91. The minimum atomic E-state index is 0.0977. The van der Waals surface area contributed by atoms with Crippen molar-refractivity contribution in [2.45, 2.75) is 26.2 Å². The number of rotatable bonds is 0. The van der Waals surface area contributed by atoms with Crippen molar-refractivity contribution in [2.75, 3.05) is 0 Å². The Labute approximate surface area is 84.8 Å². The lowest BCUT2D eigenvalue weighted by molar-refractivity contribution is 0.570. The molecule has 0 N–H and O–H groups in total. The minimum Gasteiger partial charge on any atom is -0.250 e. The molecule has 0 aliphatic rings. The lowest BCUT2D eigenvalue weighted by Gasteiger charge is -2.17. The maximum atomic E-state index is 4.35. The molecule has 0 spiro atoms. The highest BCUT2D eigenvalue weighted by Gasteiger charge is 2.15. The van der Waals surface area contributed by atoms with Gasteiger partial charge in [0.1, 0.15) is 0 Å². The summed E-state index contributed by atoms with van der Waals surface area (Å²) in [5, 5.41) is 2.30. The molecule has 1 aromatic carbocycles. The number of nitrogens with zero attached hydrogens (tertiary/aromatic N) is 1. The third kappa shape index (κ3) is 1.63. The summed E-state index contributed by atoms with van der Waals surface area (Å²) in [6.07, 6.45) is 3.08. The van der Waals surface area contributed by atoms with Crippen molar-refractivity contribution in [2.24, 2.45) is 0 Å². The van der Waals surface area contributed by atoms with Crippen molar-refractivity contribution in [3.63, 3.8) is 0 Å². The van der Waals surface area contributed by atoms with Gasteiger partial charge in [0.05, 0.1) is 6.20 Å². The van der Waals surface area contributed by atoms with Gasteiger partial charge in [0.15, 0.2) is 0 Å². The number of hydrogen-bond acceptors (Lipinski definition) is 1. The van der Waals surface area contributed by atoms with Gasteiger partial charge in [-0.05, 0) is 11.5 Å². The fourth-order valence-electron chi connectivity index (χ4n) is 1.41. The molecule has 0 unspecified atom stereocenters. The topological polar surface area (TPSA) is 12.9 Å². The van der Waals surface area contributed by atoms with Gasteiger partial charge in [0.25, 0.3) is 0 Å². The average molecular weight is 184 g/mol. The van der Waals surface area contributed by atoms with Gasteiger partial charge in [-0.1, -0.05) is 45.0 Å². The third-order valence-corrected chi connectivity index (χ3v) is 2.32. The molecule has 0 fully saturated rings. The molecule has 0 atom stereocenters. The Morgan fingerprint density at radius 2 is 1.86 bits per heavy atom. The summed E-state index contributed by atoms with van der Waals surface area (Å²) < 4.78 is 0. The van der Waals surface area contributed by atoms with Crippen LogP contribution in [0, 0.1) is 6.20 Å². The molecule has 1 heteroatoms. The zero-order chi connectivity index (χ0) is 10.2. The summed E-state index contributed by atoms with van der Waals surface area (Å²) in [4.78, 5) is 4.35. The van der Waals surface area contributed by atoms with E-state index in [2.05, 4.69) is 44.1 Å². The molecule has 2 aromatic rings. The van der Waals surface area contributed by atoms with Crippen LogP contribution in [-0.2, 0) is 5.41 Å². The van der Waals surface area contributed by atoms with Crippen LogP contribution in [0.4, 0.5) is 0 Å². The van der Waals surface area contributed by atoms with Crippen LogP contribution in [-0.4, -0.2) is 4.98 Å². The van der Waals surface area contributed by atoms with E-state index in [4.69, 9.17) is 0 Å². The number of pyridine rings is 1. The predicted molar refractivity (Wildman–Crippen MR) is 59.3 cm³/mol. The molecule has 0 saturated carbocycles. The van der Waals surface area contributed by atoms with Crippen molar-refractivity contribution in [3.8, 4) is 0 Å². The van der Waals surface area contributed by atoms with Gasteiger partial charge in [-0.15, -0.1) is 0 Å². The van der Waals surface area contributed by atoms with Crippen LogP contribution in [0.25, 0.3) is 10.8 Å². The number of hydrogen-bond donors (Lipinski definition) is 0. The highest BCUT2D eigenvalue weighted by atomic mass is 14.7. The number of aromatic nitrogens is 1. The van der Waals surface area contributed by atoms with Crippen LogP contribution in [0.3, 0.4) is 0 Å². The second-order valence-corrected chi connectivity index (χ2v) is 4.59. The summed E-state index contributed by atoms with van der Waals surface area (Å²) in [6, 6.07) is 10.3. The van der Waals surface area contributed by atoms with Crippen molar-refractivity contribution >= 4 is 10.8 Å². The molecule has 1 nitrogen and oxygen atoms in total. The molecule has 1 aromatic heterocycles. The van der Waals surface area contributed by atoms with Crippen molar-refractivity contribution in [1.82, 2.24) is 4.98 Å². The van der Waals surface area contributed by atoms with Crippen LogP contribution >= 0.6 is 0 Å². The Balaban J connectivity index is 2.63. The molecule has 1 radical (unpaired) electrons. The fourth-order valence-corrected chi connectivity index (χ4v) is 1.41. The van der Waals surface area contributed by atoms with Gasteiger partial charge < -0.3 is 0 Å². The number of fused-ring (bicyclic) bond motifs is 1. The fraction of sp³-hybridized carbons (Fsp3) is 0.308. The Kier molecular flexibility index (Phi) is 2.03. The van der Waals surface area contributed by atoms with E-state index in [1.807, 2.05) is 18.2 Å². The Hall–Kier alpha value is -1.37. The molecule has 14 heavy (non-hydrogen) atoms. The first-order chi connectivity index (χ1) is 6.57. The summed E-state index contributed by atoms with van der Waals surface area (Å²) >= 11 is 0. The highest BCUT2D eigenvalue weighted by molar-refractivity contribution is 5.81. The minimum absolute atomic E-state index is 0.0977. The Bertz CT molecular complexity index is 452. The maximum Gasteiger partial charge on any atom is 0.0974 e. The first-order valence-corrected chi connectivity index (χ1v) is 4.85. The highest BCUT2D eigenvalue weighted by Crippen LogP contribution is 2.22. The average Bonchev–Trinajstić information content (AvgIpc) is 2.16. The van der Waals surface area contributed by atoms with Gasteiger partial charge in [-0.2, -0.15) is 0 Å². The first-order valence-electron chi connectivity index (χ1n) is 4.85. The van der Waals surface area contributed by atoms with Gasteiger partial charge in [0, 0.05) is 16.5 Å². The monoisotopic (exact) mass is 184 g/mol. The predicted octanol–water partition coefficient (Wildman–Crippen LogP) is 3.33. The first kappa shape index (κ1) is 9.20. The van der Waals surface area contributed by atoms with Crippen LogP contribution in [0.5, 0.6) is 0 Å². The van der Waals surface area contributed by atoms with Crippen LogP contribution < -0.4 is 0 Å². The molecular weight excluding hydrogens is 170 g/mol. The summed E-state index contributed by atoms with van der Waals surface area (Å²) in [5.74, 6) is 0. The zero-order valence-corrected chi connectivity index (χ0v) is 8.83. The van der Waals surface area contributed by atoms with Gasteiger partial charge in [-0.25, -0.2) is 4.98 Å². The quantitative estimate of drug-likeness (QED) is 0.612. The second kappa shape index (κ2) is 3.09. The van der Waals surface area contributed by atoms with E-state index in [9.17, 15) is 0 Å². The van der Waals surface area contributed by atoms with E-state index in [0.29, 0.717) is 0 Å². The molecule has 2 rings (SSSR count). The SMILES string of the molecule is CC(C)(C)c1cc2ccccc2[c]n1. The van der Waals surface area contributed by atoms with E-state index < -0.39 is 0 Å². The third-order valence-electron chi connectivity index (χ3n) is 2.32. The van der Waals surface area contributed by atoms with Crippen molar-refractivity contribution in [1.29, 1.82) is 0 Å². The lowest BCUT2D eigenvalue weighted by Crippen LogP contribution is -2.13. The van der Waals surface area contributed by atoms with E-state index in [1.54, 1.807) is 0 Å². The van der Waals surface area contributed by atoms with Gasteiger partial charge in [-0.3, -0.25) is 0 Å². The summed E-state index contributed by atoms with van der Waals surface area (Å²) in [6.45, 7) is 6.49. The van der Waals surface area contributed by atoms with Crippen LogP contribution in [0.2, 0.25) is 0 Å². The van der Waals surface area contributed by atoms with Gasteiger partial charge >= 0.3 is 0 Å². The molecule has 0 saturated heterocycles. The second-order valence-electron chi connectivity index (χ2n) is 4.59. The van der Waals surface area contributed by atoms with Crippen LogP contribution in [0.1, 0.15) is 26.5 Å². The van der Waals surface area contributed by atoms with E-state index in [1.165, 1.54) is 5.39 Å². The molecule has 0 bridgehead atoms. The Morgan fingerprint density at radius 1 is 1.14 bits per heavy atom.